The van der Waals surface area contributed by atoms with Crippen LogP contribution in [0.25, 0.3) is 0 Å². The second-order valence-electron chi connectivity index (χ2n) is 2.32. The quantitative estimate of drug-likeness (QED) is 0.469. The van der Waals surface area contributed by atoms with Crippen molar-refractivity contribution in [3.8, 4) is 0 Å². The number of carbonyl (C=O) groups is 2. The highest BCUT2D eigenvalue weighted by Gasteiger charge is 2.18. The Morgan fingerprint density at radius 3 is 2.29 bits per heavy atom. The van der Waals surface area contributed by atoms with E-state index in [0.29, 0.717) is 0 Å². The van der Waals surface area contributed by atoms with Crippen molar-refractivity contribution in [2.24, 2.45) is 0 Å². The van der Waals surface area contributed by atoms with Gasteiger partial charge in [0.15, 0.2) is 6.04 Å². The number of carbonyl (C=O) groups excluding carboxylic acids is 1. The number of carboxylic acid groups (broad SMARTS) is 1. The van der Waals surface area contributed by atoms with Crippen molar-refractivity contribution in [1.82, 2.24) is 10.6 Å². The molecule has 82 valence electrons. The van der Waals surface area contributed by atoms with Crippen LogP contribution in [0.3, 0.4) is 0 Å². The average molecular weight is 212 g/mol. The van der Waals surface area contributed by atoms with E-state index in [-0.39, 0.29) is 0 Å². The van der Waals surface area contributed by atoms with Gasteiger partial charge in [-0.1, -0.05) is 0 Å². The van der Waals surface area contributed by atoms with Gasteiger partial charge in [-0.3, -0.25) is 0 Å². The second-order valence-corrected chi connectivity index (χ2v) is 2.32. The van der Waals surface area contributed by atoms with Crippen molar-refractivity contribution >= 4 is 12.0 Å². The van der Waals surface area contributed by atoms with Gasteiger partial charge in [0.2, 0.25) is 0 Å². The van der Waals surface area contributed by atoms with E-state index < -0.39 is 37.6 Å². The number of nitrogens with one attached hydrogen (secondary N) is 2. The van der Waals surface area contributed by atoms with Crippen LogP contribution in [0.15, 0.2) is 0 Å². The van der Waals surface area contributed by atoms with Crippen molar-refractivity contribution in [1.29, 1.82) is 0 Å². The van der Waals surface area contributed by atoms with Gasteiger partial charge in [0.25, 0.3) is 6.43 Å². The predicted molar refractivity (Wildman–Crippen MR) is 41.0 cm³/mol. The van der Waals surface area contributed by atoms with Gasteiger partial charge in [0, 0.05) is 0 Å². The standard InChI is InChI=1S/C6H10F2N2O4/c7-4(8)1-9-6(14)10-3(2-11)5(12)13/h3-4,11H,1-2H2,(H,12,13)(H2,9,10,14). The summed E-state index contributed by atoms with van der Waals surface area (Å²) in [6.07, 6.45) is -2.71. The molecule has 0 aromatic carbocycles. The average Bonchev–Trinajstić information content (AvgIpc) is 2.10. The highest BCUT2D eigenvalue weighted by Crippen LogP contribution is 1.88. The minimum Gasteiger partial charge on any atom is -0.480 e. The number of rotatable bonds is 5. The van der Waals surface area contributed by atoms with E-state index in [1.54, 1.807) is 10.6 Å². The van der Waals surface area contributed by atoms with Crippen LogP contribution >= 0.6 is 0 Å². The molecule has 0 rings (SSSR count). The number of aliphatic hydroxyl groups is 1. The first-order valence-electron chi connectivity index (χ1n) is 3.63. The lowest BCUT2D eigenvalue weighted by molar-refractivity contribution is -0.140. The molecule has 2 amide bonds. The van der Waals surface area contributed by atoms with E-state index >= 15 is 0 Å². The molecule has 14 heavy (non-hydrogen) atoms. The SMILES string of the molecule is O=C(NCC(F)F)NC(CO)C(=O)O. The third-order valence-electron chi connectivity index (χ3n) is 1.20. The Balaban J connectivity index is 3.85. The Morgan fingerprint density at radius 2 is 1.93 bits per heavy atom. The first-order chi connectivity index (χ1) is 6.47. The Labute approximate surface area is 77.9 Å². The third kappa shape index (κ3) is 5.25. The maximum atomic E-state index is 11.6. The van der Waals surface area contributed by atoms with Gasteiger partial charge in [-0.25, -0.2) is 18.4 Å². The molecular weight excluding hydrogens is 202 g/mol. The summed E-state index contributed by atoms with van der Waals surface area (Å²) in [5, 5.41) is 20.3. The number of aliphatic carboxylic acids is 1. The van der Waals surface area contributed by atoms with Crippen LogP contribution in [0.5, 0.6) is 0 Å². The summed E-state index contributed by atoms with van der Waals surface area (Å²) in [4.78, 5) is 20.9. The Kier molecular flexibility index (Phi) is 5.46. The van der Waals surface area contributed by atoms with E-state index in [0.717, 1.165) is 0 Å². The first-order valence-corrected chi connectivity index (χ1v) is 3.63. The lowest BCUT2D eigenvalue weighted by Crippen LogP contribution is -2.48. The Morgan fingerprint density at radius 1 is 1.36 bits per heavy atom. The number of hydrogen-bond acceptors (Lipinski definition) is 3. The lowest BCUT2D eigenvalue weighted by Gasteiger charge is -2.12. The summed E-state index contributed by atoms with van der Waals surface area (Å²) >= 11 is 0. The van der Waals surface area contributed by atoms with Gasteiger partial charge in [-0.2, -0.15) is 0 Å². The molecule has 0 spiro atoms. The monoisotopic (exact) mass is 212 g/mol. The Bertz CT molecular complexity index is 212. The van der Waals surface area contributed by atoms with Crippen molar-refractivity contribution in [2.45, 2.75) is 12.5 Å². The molecule has 1 unspecified atom stereocenters. The maximum absolute atomic E-state index is 11.6. The van der Waals surface area contributed by atoms with Crippen LogP contribution in [-0.2, 0) is 4.79 Å². The molecule has 0 radical (unpaired) electrons. The Hall–Kier alpha value is -1.44. The fourth-order valence-corrected chi connectivity index (χ4v) is 0.565. The van der Waals surface area contributed by atoms with Gasteiger partial charge in [0.1, 0.15) is 0 Å². The minimum absolute atomic E-state index is 0.808. The van der Waals surface area contributed by atoms with E-state index in [1.165, 1.54) is 0 Å². The van der Waals surface area contributed by atoms with E-state index in [2.05, 4.69) is 0 Å². The molecule has 0 bridgehead atoms. The lowest BCUT2D eigenvalue weighted by atomic mass is 10.3. The van der Waals surface area contributed by atoms with Crippen molar-refractivity contribution in [2.75, 3.05) is 13.2 Å². The minimum atomic E-state index is -2.71. The van der Waals surface area contributed by atoms with Crippen LogP contribution in [-0.4, -0.2) is 47.8 Å². The number of carboxylic acids is 1. The number of urea groups is 1. The van der Waals surface area contributed by atoms with Crippen LogP contribution in [0.2, 0.25) is 0 Å². The van der Waals surface area contributed by atoms with E-state index in [1.807, 2.05) is 0 Å². The van der Waals surface area contributed by atoms with Gasteiger partial charge in [0.05, 0.1) is 13.2 Å². The summed E-state index contributed by atoms with van der Waals surface area (Å²) < 4.78 is 23.1. The van der Waals surface area contributed by atoms with Gasteiger partial charge < -0.3 is 20.8 Å². The van der Waals surface area contributed by atoms with Gasteiger partial charge >= 0.3 is 12.0 Å². The summed E-state index contributed by atoms with van der Waals surface area (Å²) in [6.45, 7) is -1.68. The molecular formula is C6H10F2N2O4. The van der Waals surface area contributed by atoms with Crippen LogP contribution in [0, 0.1) is 0 Å². The molecule has 0 heterocycles. The fourth-order valence-electron chi connectivity index (χ4n) is 0.565. The third-order valence-corrected chi connectivity index (χ3v) is 1.20. The summed E-state index contributed by atoms with van der Waals surface area (Å²) in [6, 6.07) is -2.56. The molecule has 0 aliphatic carbocycles. The molecule has 6 nitrogen and oxygen atoms in total. The predicted octanol–water partition coefficient (Wildman–Crippen LogP) is -1.00. The molecule has 0 aromatic heterocycles. The van der Waals surface area contributed by atoms with E-state index in [4.69, 9.17) is 10.2 Å². The molecule has 0 aromatic rings. The van der Waals surface area contributed by atoms with Crippen LogP contribution in [0.4, 0.5) is 13.6 Å². The van der Waals surface area contributed by atoms with Crippen molar-refractivity contribution in [3.63, 3.8) is 0 Å². The normalized spacial score (nSPS) is 12.3. The molecule has 0 saturated carbocycles. The number of alkyl halides is 2. The number of halogens is 2. The first kappa shape index (κ1) is 12.6. The zero-order valence-electron chi connectivity index (χ0n) is 7.04. The smallest absolute Gasteiger partial charge is 0.328 e. The molecule has 0 aliphatic rings. The number of amides is 2. The van der Waals surface area contributed by atoms with Gasteiger partial charge in [-0.15, -0.1) is 0 Å². The highest BCUT2D eigenvalue weighted by atomic mass is 19.3. The summed E-state index contributed by atoms with van der Waals surface area (Å²) in [5.74, 6) is -1.44. The number of hydrogen-bond donors (Lipinski definition) is 4. The second kappa shape index (κ2) is 6.08. The summed E-state index contributed by atoms with van der Waals surface area (Å²) in [5.41, 5.74) is 0. The maximum Gasteiger partial charge on any atom is 0.328 e. The van der Waals surface area contributed by atoms with E-state index in [9.17, 15) is 18.4 Å². The highest BCUT2D eigenvalue weighted by molar-refractivity contribution is 5.82. The molecule has 0 fully saturated rings. The molecule has 8 heteroatoms. The van der Waals surface area contributed by atoms with Crippen molar-refractivity contribution < 1.29 is 28.6 Å². The largest absolute Gasteiger partial charge is 0.480 e. The molecule has 0 aliphatic heterocycles. The zero-order valence-corrected chi connectivity index (χ0v) is 7.04. The molecule has 0 saturated heterocycles. The molecule has 1 atom stereocenters. The fraction of sp³-hybridized carbons (Fsp3) is 0.667. The summed E-state index contributed by atoms with van der Waals surface area (Å²) in [7, 11) is 0. The van der Waals surface area contributed by atoms with Crippen LogP contribution in [0.1, 0.15) is 0 Å². The van der Waals surface area contributed by atoms with Crippen LogP contribution < -0.4 is 10.6 Å². The zero-order chi connectivity index (χ0) is 11.1. The molecule has 4 N–H and O–H groups in total. The number of aliphatic hydroxyl groups excluding tert-OH is 1. The topological polar surface area (TPSA) is 98.7 Å². The van der Waals surface area contributed by atoms with Crippen molar-refractivity contribution in [3.05, 3.63) is 0 Å². The van der Waals surface area contributed by atoms with Gasteiger partial charge in [-0.05, 0) is 0 Å².